The van der Waals surface area contributed by atoms with Gasteiger partial charge in [0, 0.05) is 12.6 Å². The highest BCUT2D eigenvalue weighted by Crippen LogP contribution is 2.49. The molecule has 1 amide bonds. The van der Waals surface area contributed by atoms with E-state index in [1.54, 1.807) is 0 Å². The summed E-state index contributed by atoms with van der Waals surface area (Å²) in [6, 6.07) is 0.0612. The van der Waals surface area contributed by atoms with Crippen LogP contribution in [-0.4, -0.2) is 40.8 Å². The van der Waals surface area contributed by atoms with Gasteiger partial charge >= 0.3 is 12.1 Å². The van der Waals surface area contributed by atoms with Gasteiger partial charge in [0.1, 0.15) is 11.2 Å². The third-order valence-electron chi connectivity index (χ3n) is 4.90. The number of ether oxygens (including phenoxy) is 2. The van der Waals surface area contributed by atoms with E-state index in [0.717, 1.165) is 12.8 Å². The predicted molar refractivity (Wildman–Crippen MR) is 97.1 cm³/mol. The van der Waals surface area contributed by atoms with Crippen molar-refractivity contribution in [2.24, 2.45) is 17.8 Å². The van der Waals surface area contributed by atoms with Crippen molar-refractivity contribution in [1.29, 1.82) is 0 Å². The molecular weight excluding hydrogens is 318 g/mol. The summed E-state index contributed by atoms with van der Waals surface area (Å²) in [5.41, 5.74) is -1.01. The van der Waals surface area contributed by atoms with Crippen molar-refractivity contribution in [3.05, 3.63) is 12.7 Å². The van der Waals surface area contributed by atoms with Gasteiger partial charge in [-0.1, -0.05) is 6.08 Å². The summed E-state index contributed by atoms with van der Waals surface area (Å²) in [5, 5.41) is 0. The predicted octanol–water partition coefficient (Wildman–Crippen LogP) is 4.17. The van der Waals surface area contributed by atoms with Gasteiger partial charge in [-0.3, -0.25) is 4.79 Å². The second kappa shape index (κ2) is 7.00. The largest absolute Gasteiger partial charge is 0.460 e. The van der Waals surface area contributed by atoms with Gasteiger partial charge in [-0.05, 0) is 72.6 Å². The van der Waals surface area contributed by atoms with Gasteiger partial charge in [0.25, 0.3) is 0 Å². The number of carbonyl (C=O) groups excluding carboxylic acids is 2. The number of esters is 1. The van der Waals surface area contributed by atoms with Crippen LogP contribution in [0.15, 0.2) is 12.7 Å². The van der Waals surface area contributed by atoms with Gasteiger partial charge in [-0.15, -0.1) is 6.58 Å². The van der Waals surface area contributed by atoms with E-state index in [1.807, 2.05) is 52.5 Å². The highest BCUT2D eigenvalue weighted by atomic mass is 16.6. The number of nitrogens with zero attached hydrogens (tertiary/aromatic N) is 1. The lowest BCUT2D eigenvalue weighted by atomic mass is 9.59. The van der Waals surface area contributed by atoms with Gasteiger partial charge in [0.05, 0.1) is 5.92 Å². The number of hydrogen-bond donors (Lipinski definition) is 0. The van der Waals surface area contributed by atoms with Gasteiger partial charge in [-0.25, -0.2) is 4.79 Å². The van der Waals surface area contributed by atoms with Crippen LogP contribution < -0.4 is 0 Å². The lowest BCUT2D eigenvalue weighted by Gasteiger charge is -2.55. The number of hydrogen-bond acceptors (Lipinski definition) is 4. The van der Waals surface area contributed by atoms with E-state index < -0.39 is 11.2 Å². The zero-order valence-electron chi connectivity index (χ0n) is 16.5. The number of piperidine rings is 1. The lowest BCUT2D eigenvalue weighted by molar-refractivity contribution is -0.176. The van der Waals surface area contributed by atoms with E-state index >= 15 is 0 Å². The zero-order valence-corrected chi connectivity index (χ0v) is 16.5. The van der Waals surface area contributed by atoms with Crippen LogP contribution in [-0.2, 0) is 14.3 Å². The molecule has 5 nitrogen and oxygen atoms in total. The molecule has 142 valence electrons. The number of carbonyl (C=O) groups is 2. The Labute approximate surface area is 151 Å². The monoisotopic (exact) mass is 351 g/mol. The van der Waals surface area contributed by atoms with Gasteiger partial charge in [0.15, 0.2) is 0 Å². The van der Waals surface area contributed by atoms with Crippen molar-refractivity contribution in [2.45, 2.75) is 78.0 Å². The minimum absolute atomic E-state index is 0.0612. The second-order valence-corrected chi connectivity index (χ2v) is 9.27. The Morgan fingerprint density at radius 2 is 1.72 bits per heavy atom. The van der Waals surface area contributed by atoms with Crippen LogP contribution in [0.4, 0.5) is 4.79 Å². The van der Waals surface area contributed by atoms with Gasteiger partial charge in [0.2, 0.25) is 0 Å². The topological polar surface area (TPSA) is 55.8 Å². The van der Waals surface area contributed by atoms with E-state index in [2.05, 4.69) is 6.58 Å². The van der Waals surface area contributed by atoms with E-state index in [9.17, 15) is 9.59 Å². The van der Waals surface area contributed by atoms with Crippen molar-refractivity contribution in [1.82, 2.24) is 4.90 Å². The molecule has 0 spiro atoms. The highest BCUT2D eigenvalue weighted by Gasteiger charge is 2.55. The number of allylic oxidation sites excluding steroid dienone is 1. The molecule has 0 aromatic heterocycles. The summed E-state index contributed by atoms with van der Waals surface area (Å²) in [7, 11) is 0. The van der Waals surface area contributed by atoms with Crippen LogP contribution in [0.2, 0.25) is 0 Å². The molecule has 25 heavy (non-hydrogen) atoms. The molecule has 1 aliphatic heterocycles. The van der Waals surface area contributed by atoms with Gasteiger partial charge in [-0.2, -0.15) is 0 Å². The fourth-order valence-electron chi connectivity index (χ4n) is 3.95. The first kappa shape index (κ1) is 19.8. The standard InChI is InChI=1S/C20H33NO4/c1-8-9-13-10-11-21(18(23)25-20(5,6)7)15-12-14(16(13)15)17(22)24-19(2,3)4/h8,13-16H,1,9-12H2,2-7H3. The Morgan fingerprint density at radius 3 is 2.24 bits per heavy atom. The van der Waals surface area contributed by atoms with E-state index in [0.29, 0.717) is 18.9 Å². The van der Waals surface area contributed by atoms with Crippen LogP contribution in [0.3, 0.4) is 0 Å². The first-order valence-corrected chi connectivity index (χ1v) is 9.26. The number of rotatable bonds is 3. The Kier molecular flexibility index (Phi) is 5.55. The first-order valence-electron chi connectivity index (χ1n) is 9.26. The summed E-state index contributed by atoms with van der Waals surface area (Å²) in [4.78, 5) is 26.9. The zero-order chi connectivity index (χ0) is 19.0. The molecule has 1 aliphatic carbocycles. The Bertz CT molecular complexity index is 529. The summed E-state index contributed by atoms with van der Waals surface area (Å²) < 4.78 is 11.1. The van der Waals surface area contributed by atoms with Crippen LogP contribution >= 0.6 is 0 Å². The Morgan fingerprint density at radius 1 is 1.12 bits per heavy atom. The maximum atomic E-state index is 12.6. The summed E-state index contributed by atoms with van der Waals surface area (Å²) in [6.07, 6.45) is 4.03. The number of amides is 1. The van der Waals surface area contributed by atoms with Crippen molar-refractivity contribution in [3.8, 4) is 0 Å². The van der Waals surface area contributed by atoms with Gasteiger partial charge < -0.3 is 14.4 Å². The van der Waals surface area contributed by atoms with Crippen molar-refractivity contribution >= 4 is 12.1 Å². The maximum absolute atomic E-state index is 12.6. The van der Waals surface area contributed by atoms with Crippen molar-refractivity contribution in [2.75, 3.05) is 6.54 Å². The van der Waals surface area contributed by atoms with E-state index in [1.165, 1.54) is 0 Å². The minimum atomic E-state index is -0.515. The molecule has 5 heteroatoms. The Hall–Kier alpha value is -1.52. The molecule has 0 N–H and O–H groups in total. The fraction of sp³-hybridized carbons (Fsp3) is 0.800. The van der Waals surface area contributed by atoms with Crippen molar-refractivity contribution in [3.63, 3.8) is 0 Å². The third-order valence-corrected chi connectivity index (χ3v) is 4.90. The lowest BCUT2D eigenvalue weighted by Crippen LogP contribution is -2.63. The molecule has 0 radical (unpaired) electrons. The smallest absolute Gasteiger partial charge is 0.410 e. The van der Waals surface area contributed by atoms with Crippen LogP contribution in [0.1, 0.15) is 60.8 Å². The fourth-order valence-corrected chi connectivity index (χ4v) is 3.95. The number of likely N-dealkylation sites (tertiary alicyclic amines) is 1. The SMILES string of the molecule is C=CCC1CCN(C(=O)OC(C)(C)C)C2CC(C(=O)OC(C)(C)C)C12. The third kappa shape index (κ3) is 4.77. The van der Waals surface area contributed by atoms with Crippen LogP contribution in [0.5, 0.6) is 0 Å². The summed E-state index contributed by atoms with van der Waals surface area (Å²) >= 11 is 0. The summed E-state index contributed by atoms with van der Waals surface area (Å²) in [6.45, 7) is 15.8. The minimum Gasteiger partial charge on any atom is -0.460 e. The molecule has 2 rings (SSSR count). The maximum Gasteiger partial charge on any atom is 0.410 e. The first-order chi connectivity index (χ1) is 11.4. The normalized spacial score (nSPS) is 29.3. The second-order valence-electron chi connectivity index (χ2n) is 9.27. The molecule has 0 bridgehead atoms. The van der Waals surface area contributed by atoms with E-state index in [4.69, 9.17) is 9.47 Å². The molecule has 1 saturated heterocycles. The van der Waals surface area contributed by atoms with Crippen molar-refractivity contribution < 1.29 is 19.1 Å². The molecule has 4 unspecified atom stereocenters. The molecular formula is C20H33NO4. The summed E-state index contributed by atoms with van der Waals surface area (Å²) in [5.74, 6) is 0.217. The molecule has 0 aromatic rings. The molecule has 0 aromatic carbocycles. The molecule has 2 fully saturated rings. The molecule has 2 aliphatic rings. The quantitative estimate of drug-likeness (QED) is 0.566. The average Bonchev–Trinajstić information content (AvgIpc) is 2.36. The molecule has 1 saturated carbocycles. The highest BCUT2D eigenvalue weighted by molar-refractivity contribution is 5.76. The van der Waals surface area contributed by atoms with E-state index in [-0.39, 0.29) is 29.9 Å². The average molecular weight is 351 g/mol. The Balaban J connectivity index is 2.12. The molecule has 4 atom stereocenters. The van der Waals surface area contributed by atoms with Crippen LogP contribution in [0.25, 0.3) is 0 Å². The number of fused-ring (bicyclic) bond motifs is 1. The van der Waals surface area contributed by atoms with Crippen LogP contribution in [0, 0.1) is 17.8 Å². The molecule has 1 heterocycles.